The maximum absolute atomic E-state index is 11.8. The molecule has 1 aromatic carbocycles. The molecular formula is C20H32N4O3. The number of guanidine groups is 1. The number of likely N-dealkylation sites (N-methyl/N-ethyl adjacent to an activating group) is 1. The summed E-state index contributed by atoms with van der Waals surface area (Å²) in [6.45, 7) is 1.87. The minimum Gasteiger partial charge on any atom is -0.497 e. The Morgan fingerprint density at radius 1 is 1.22 bits per heavy atom. The molecule has 2 rings (SSSR count). The van der Waals surface area contributed by atoms with E-state index in [-0.39, 0.29) is 12.5 Å². The number of ether oxygens (including phenoxy) is 2. The van der Waals surface area contributed by atoms with Crippen LogP contribution in [0.4, 0.5) is 0 Å². The van der Waals surface area contributed by atoms with E-state index in [1.165, 1.54) is 12.8 Å². The van der Waals surface area contributed by atoms with Crippen LogP contribution in [0.3, 0.4) is 0 Å². The summed E-state index contributed by atoms with van der Waals surface area (Å²) in [5.41, 5.74) is 1.10. The van der Waals surface area contributed by atoms with Gasteiger partial charge in [-0.05, 0) is 30.5 Å². The minimum absolute atomic E-state index is 0.0155. The van der Waals surface area contributed by atoms with Crippen molar-refractivity contribution in [3.05, 3.63) is 29.8 Å². The molecule has 0 atom stereocenters. The van der Waals surface area contributed by atoms with Crippen molar-refractivity contribution < 1.29 is 14.3 Å². The van der Waals surface area contributed by atoms with Crippen molar-refractivity contribution in [2.75, 3.05) is 40.9 Å². The topological polar surface area (TPSA) is 75.2 Å². The van der Waals surface area contributed by atoms with Gasteiger partial charge in [-0.3, -0.25) is 4.79 Å². The number of amides is 1. The van der Waals surface area contributed by atoms with Crippen LogP contribution in [0.2, 0.25) is 0 Å². The number of aliphatic imine (C=N–C) groups is 1. The molecule has 1 aliphatic carbocycles. The fourth-order valence-electron chi connectivity index (χ4n) is 2.86. The zero-order chi connectivity index (χ0) is 19.5. The monoisotopic (exact) mass is 376 g/mol. The van der Waals surface area contributed by atoms with Crippen LogP contribution < -0.4 is 15.4 Å². The second kappa shape index (κ2) is 11.4. The normalized spacial score (nSPS) is 14.9. The molecule has 1 aromatic rings. The van der Waals surface area contributed by atoms with Gasteiger partial charge in [-0.25, -0.2) is 4.99 Å². The molecule has 0 aliphatic heterocycles. The highest BCUT2D eigenvalue weighted by Gasteiger charge is 2.16. The molecule has 0 radical (unpaired) electrons. The Kier molecular flexibility index (Phi) is 8.91. The summed E-state index contributed by atoms with van der Waals surface area (Å²) in [6.07, 6.45) is 4.78. The van der Waals surface area contributed by atoms with Crippen molar-refractivity contribution in [3.63, 3.8) is 0 Å². The van der Waals surface area contributed by atoms with Crippen LogP contribution in [0.15, 0.2) is 29.3 Å². The second-order valence-electron chi connectivity index (χ2n) is 6.91. The number of methoxy groups -OCH3 is 1. The summed E-state index contributed by atoms with van der Waals surface area (Å²) in [4.78, 5) is 17.8. The molecular weight excluding hydrogens is 344 g/mol. The van der Waals surface area contributed by atoms with Gasteiger partial charge in [0, 0.05) is 26.7 Å². The van der Waals surface area contributed by atoms with E-state index < -0.39 is 0 Å². The fraction of sp³-hybridized carbons (Fsp3) is 0.600. The van der Waals surface area contributed by atoms with E-state index in [1.807, 2.05) is 24.3 Å². The Morgan fingerprint density at radius 3 is 2.56 bits per heavy atom. The van der Waals surface area contributed by atoms with Crippen molar-refractivity contribution in [2.45, 2.75) is 38.3 Å². The number of nitrogens with one attached hydrogen (secondary N) is 2. The van der Waals surface area contributed by atoms with Gasteiger partial charge in [-0.2, -0.15) is 0 Å². The van der Waals surface area contributed by atoms with E-state index in [1.54, 1.807) is 26.1 Å². The van der Waals surface area contributed by atoms with Gasteiger partial charge in [0.1, 0.15) is 12.3 Å². The summed E-state index contributed by atoms with van der Waals surface area (Å²) in [7, 11) is 5.13. The molecule has 1 saturated carbocycles. The Balaban J connectivity index is 1.74. The van der Waals surface area contributed by atoms with Gasteiger partial charge in [0.05, 0.1) is 20.3 Å². The SMILES string of the molecule is COc1ccc(COCCNC(=NCC(=O)N(C)C)NC2CCCC2)cc1. The Morgan fingerprint density at radius 2 is 1.93 bits per heavy atom. The van der Waals surface area contributed by atoms with Crippen LogP contribution in [0.25, 0.3) is 0 Å². The molecule has 0 unspecified atom stereocenters. The van der Waals surface area contributed by atoms with Crippen molar-refractivity contribution in [1.82, 2.24) is 15.5 Å². The smallest absolute Gasteiger partial charge is 0.243 e. The third-order valence-corrected chi connectivity index (χ3v) is 4.53. The van der Waals surface area contributed by atoms with Crippen molar-refractivity contribution >= 4 is 11.9 Å². The molecule has 150 valence electrons. The van der Waals surface area contributed by atoms with Crippen LogP contribution in [-0.2, 0) is 16.1 Å². The molecule has 2 N–H and O–H groups in total. The average molecular weight is 377 g/mol. The van der Waals surface area contributed by atoms with Crippen LogP contribution in [0.1, 0.15) is 31.2 Å². The molecule has 7 heteroatoms. The quantitative estimate of drug-likeness (QED) is 0.390. The lowest BCUT2D eigenvalue weighted by atomic mass is 10.2. The zero-order valence-electron chi connectivity index (χ0n) is 16.7. The highest BCUT2D eigenvalue weighted by Crippen LogP contribution is 2.17. The highest BCUT2D eigenvalue weighted by atomic mass is 16.5. The summed E-state index contributed by atoms with van der Waals surface area (Å²) >= 11 is 0. The first kappa shape index (κ1) is 21.0. The van der Waals surface area contributed by atoms with Gasteiger partial charge in [0.15, 0.2) is 5.96 Å². The molecule has 1 aliphatic rings. The number of nitrogens with zero attached hydrogens (tertiary/aromatic N) is 2. The first-order valence-corrected chi connectivity index (χ1v) is 9.54. The van der Waals surface area contributed by atoms with Gasteiger partial charge in [0.25, 0.3) is 0 Å². The van der Waals surface area contributed by atoms with Crippen LogP contribution >= 0.6 is 0 Å². The molecule has 0 saturated heterocycles. The van der Waals surface area contributed by atoms with Gasteiger partial charge < -0.3 is 25.0 Å². The van der Waals surface area contributed by atoms with Gasteiger partial charge in [-0.15, -0.1) is 0 Å². The van der Waals surface area contributed by atoms with E-state index in [4.69, 9.17) is 9.47 Å². The van der Waals surface area contributed by atoms with Crippen molar-refractivity contribution in [2.24, 2.45) is 4.99 Å². The zero-order valence-corrected chi connectivity index (χ0v) is 16.7. The molecule has 1 amide bonds. The standard InChI is InChI=1S/C20H32N4O3/c1-24(2)19(25)14-22-20(23-17-6-4-5-7-17)21-12-13-27-15-16-8-10-18(26-3)11-9-16/h8-11,17H,4-7,12-15H2,1-3H3,(H2,21,22,23). The lowest BCUT2D eigenvalue weighted by molar-refractivity contribution is -0.127. The maximum Gasteiger partial charge on any atom is 0.243 e. The number of benzene rings is 1. The summed E-state index contributed by atoms with van der Waals surface area (Å²) in [5.74, 6) is 1.51. The predicted molar refractivity (Wildman–Crippen MR) is 107 cm³/mol. The first-order valence-electron chi connectivity index (χ1n) is 9.54. The van der Waals surface area contributed by atoms with Gasteiger partial charge in [0.2, 0.25) is 5.91 Å². The molecule has 0 heterocycles. The predicted octanol–water partition coefficient (Wildman–Crippen LogP) is 1.78. The van der Waals surface area contributed by atoms with Crippen LogP contribution in [0.5, 0.6) is 5.75 Å². The first-order chi connectivity index (χ1) is 13.1. The third-order valence-electron chi connectivity index (χ3n) is 4.53. The molecule has 0 spiro atoms. The largest absolute Gasteiger partial charge is 0.497 e. The molecule has 0 aromatic heterocycles. The van der Waals surface area contributed by atoms with E-state index in [9.17, 15) is 4.79 Å². The number of hydrogen-bond acceptors (Lipinski definition) is 4. The van der Waals surface area contributed by atoms with E-state index in [0.717, 1.165) is 24.2 Å². The lowest BCUT2D eigenvalue weighted by Gasteiger charge is -2.18. The number of carbonyl (C=O) groups is 1. The molecule has 7 nitrogen and oxygen atoms in total. The molecule has 1 fully saturated rings. The van der Waals surface area contributed by atoms with E-state index in [0.29, 0.717) is 31.8 Å². The number of rotatable bonds is 9. The fourth-order valence-corrected chi connectivity index (χ4v) is 2.86. The number of hydrogen-bond donors (Lipinski definition) is 2. The maximum atomic E-state index is 11.8. The lowest BCUT2D eigenvalue weighted by Crippen LogP contribution is -2.44. The van der Waals surface area contributed by atoms with E-state index in [2.05, 4.69) is 15.6 Å². The Hall–Kier alpha value is -2.28. The number of carbonyl (C=O) groups excluding carboxylic acids is 1. The van der Waals surface area contributed by atoms with Crippen molar-refractivity contribution in [1.29, 1.82) is 0 Å². The Bertz CT molecular complexity index is 596. The highest BCUT2D eigenvalue weighted by molar-refractivity contribution is 5.84. The van der Waals surface area contributed by atoms with E-state index >= 15 is 0 Å². The minimum atomic E-state index is -0.0155. The Labute approximate surface area is 162 Å². The summed E-state index contributed by atoms with van der Waals surface area (Å²) < 4.78 is 10.9. The third kappa shape index (κ3) is 7.86. The van der Waals surface area contributed by atoms with Crippen LogP contribution in [0, 0.1) is 0 Å². The molecule has 27 heavy (non-hydrogen) atoms. The summed E-state index contributed by atoms with van der Waals surface area (Å²) in [5, 5.41) is 6.70. The molecule has 0 bridgehead atoms. The van der Waals surface area contributed by atoms with Gasteiger partial charge >= 0.3 is 0 Å². The van der Waals surface area contributed by atoms with Crippen LogP contribution in [-0.4, -0.2) is 63.7 Å². The van der Waals surface area contributed by atoms with Crippen molar-refractivity contribution in [3.8, 4) is 5.75 Å². The second-order valence-corrected chi connectivity index (χ2v) is 6.91. The average Bonchev–Trinajstić information content (AvgIpc) is 3.18. The van der Waals surface area contributed by atoms with Gasteiger partial charge in [-0.1, -0.05) is 25.0 Å². The summed E-state index contributed by atoms with van der Waals surface area (Å²) in [6, 6.07) is 8.27.